The second-order valence-electron chi connectivity index (χ2n) is 11.0. The fourth-order valence-corrected chi connectivity index (χ4v) is 6.31. The quantitative estimate of drug-likeness (QED) is 0.547. The number of aromatic nitrogens is 4. The third kappa shape index (κ3) is 4.94. The molecule has 2 aliphatic heterocycles. The van der Waals surface area contributed by atoms with Crippen LogP contribution in [0, 0.1) is 6.92 Å². The van der Waals surface area contributed by atoms with E-state index in [4.69, 9.17) is 9.97 Å². The van der Waals surface area contributed by atoms with Crippen LogP contribution in [-0.2, 0) is 0 Å². The van der Waals surface area contributed by atoms with Gasteiger partial charge in [0.1, 0.15) is 11.2 Å². The number of hydrogen-bond acceptors (Lipinski definition) is 8. The molecular weight excluding hydrogens is 464 g/mol. The second-order valence-corrected chi connectivity index (χ2v) is 11.0. The molecule has 9 heteroatoms. The monoisotopic (exact) mass is 502 g/mol. The van der Waals surface area contributed by atoms with Gasteiger partial charge in [0.15, 0.2) is 5.65 Å². The van der Waals surface area contributed by atoms with Crippen LogP contribution in [0.15, 0.2) is 29.2 Å². The number of fused-ring (bicyclic) bond motifs is 1. The van der Waals surface area contributed by atoms with E-state index < -0.39 is 0 Å². The topological polar surface area (TPSA) is 91.2 Å². The molecule has 1 aliphatic carbocycles. The predicted octanol–water partition coefficient (Wildman–Crippen LogP) is 3.57. The van der Waals surface area contributed by atoms with Crippen molar-refractivity contribution in [3.63, 3.8) is 0 Å². The highest BCUT2D eigenvalue weighted by Gasteiger charge is 2.29. The number of benzene rings is 1. The normalized spacial score (nSPS) is 21.6. The Morgan fingerprint density at radius 1 is 1.03 bits per heavy atom. The molecule has 1 aromatic carbocycles. The standard InChI is InChI=1S/C28H38N8O/c1-19-16-21(8-9-24(19)35-14-11-29-12-15-35)31-28-30-17-23-26(33-28)36(22-10-13-34(2)18-22)27(37)25(32-23)20-6-4-3-5-7-20/h8-9,16-17,20,22,29H,3-7,10-15,18H2,1-2H3,(H,30,31,33)/t22-/m0/s1. The van der Waals surface area contributed by atoms with Crippen molar-refractivity contribution in [3.05, 3.63) is 46.0 Å². The van der Waals surface area contributed by atoms with Gasteiger partial charge in [-0.3, -0.25) is 9.36 Å². The zero-order valence-corrected chi connectivity index (χ0v) is 22.0. The Morgan fingerprint density at radius 2 is 1.84 bits per heavy atom. The molecule has 0 spiro atoms. The average Bonchev–Trinajstić information content (AvgIpc) is 3.35. The third-order valence-corrected chi connectivity index (χ3v) is 8.29. The number of likely N-dealkylation sites (N-methyl/N-ethyl adjacent to an activating group) is 1. The van der Waals surface area contributed by atoms with E-state index in [1.165, 1.54) is 30.5 Å². The highest BCUT2D eigenvalue weighted by atomic mass is 16.1. The lowest BCUT2D eigenvalue weighted by Gasteiger charge is -2.30. The molecule has 3 aliphatic rings. The van der Waals surface area contributed by atoms with Crippen molar-refractivity contribution in [1.82, 2.24) is 29.7 Å². The number of nitrogens with one attached hydrogen (secondary N) is 2. The molecule has 2 saturated heterocycles. The average molecular weight is 503 g/mol. The van der Waals surface area contributed by atoms with E-state index in [-0.39, 0.29) is 17.5 Å². The van der Waals surface area contributed by atoms with Crippen LogP contribution in [-0.4, -0.2) is 70.7 Å². The Morgan fingerprint density at radius 3 is 2.57 bits per heavy atom. The summed E-state index contributed by atoms with van der Waals surface area (Å²) >= 11 is 0. The molecule has 9 nitrogen and oxygen atoms in total. The zero-order chi connectivity index (χ0) is 25.4. The fraction of sp³-hybridized carbons (Fsp3) is 0.571. The number of rotatable bonds is 5. The van der Waals surface area contributed by atoms with Crippen molar-refractivity contribution in [3.8, 4) is 0 Å². The minimum absolute atomic E-state index is 0.0422. The molecule has 3 fully saturated rings. The molecule has 0 radical (unpaired) electrons. The summed E-state index contributed by atoms with van der Waals surface area (Å²) in [4.78, 5) is 32.9. The van der Waals surface area contributed by atoms with Gasteiger partial charge in [0.05, 0.1) is 12.2 Å². The Balaban J connectivity index is 1.35. The first-order valence-electron chi connectivity index (χ1n) is 13.9. The van der Waals surface area contributed by atoms with Gasteiger partial charge < -0.3 is 20.4 Å². The van der Waals surface area contributed by atoms with Gasteiger partial charge in [0, 0.05) is 50.0 Å². The van der Waals surface area contributed by atoms with Crippen molar-refractivity contribution in [1.29, 1.82) is 0 Å². The van der Waals surface area contributed by atoms with Crippen LogP contribution in [0.4, 0.5) is 17.3 Å². The lowest BCUT2D eigenvalue weighted by Crippen LogP contribution is -2.43. The number of piperazine rings is 1. The number of likely N-dealkylation sites (tertiary alicyclic amines) is 1. The molecule has 1 atom stereocenters. The molecule has 37 heavy (non-hydrogen) atoms. The third-order valence-electron chi connectivity index (χ3n) is 8.29. The minimum Gasteiger partial charge on any atom is -0.369 e. The van der Waals surface area contributed by atoms with Gasteiger partial charge in [0.2, 0.25) is 5.95 Å². The van der Waals surface area contributed by atoms with E-state index in [1.54, 1.807) is 6.20 Å². The maximum Gasteiger partial charge on any atom is 0.274 e. The number of nitrogens with zero attached hydrogens (tertiary/aromatic N) is 6. The maximum absolute atomic E-state index is 13.9. The molecule has 6 rings (SSSR count). The Labute approximate surface area is 218 Å². The molecule has 2 N–H and O–H groups in total. The lowest BCUT2D eigenvalue weighted by atomic mass is 9.87. The van der Waals surface area contributed by atoms with E-state index in [0.717, 1.165) is 64.2 Å². The Hall–Kier alpha value is -3.04. The molecule has 1 saturated carbocycles. The van der Waals surface area contributed by atoms with Crippen LogP contribution < -0.4 is 21.1 Å². The SMILES string of the molecule is Cc1cc(Nc2ncc3nc(C4CCCCC4)c(=O)n([C@H]4CCN(C)C4)c3n2)ccc1N1CCNCC1. The summed E-state index contributed by atoms with van der Waals surface area (Å²) in [6.07, 6.45) is 8.40. The fourth-order valence-electron chi connectivity index (χ4n) is 6.31. The van der Waals surface area contributed by atoms with Crippen LogP contribution in [0.3, 0.4) is 0 Å². The minimum atomic E-state index is 0.0422. The summed E-state index contributed by atoms with van der Waals surface area (Å²) in [5.41, 5.74) is 5.53. The summed E-state index contributed by atoms with van der Waals surface area (Å²) in [6.45, 7) is 8.04. The van der Waals surface area contributed by atoms with Crippen molar-refractivity contribution in [2.75, 3.05) is 56.5 Å². The summed E-state index contributed by atoms with van der Waals surface area (Å²) < 4.78 is 1.93. The number of hydrogen-bond donors (Lipinski definition) is 2. The first kappa shape index (κ1) is 24.3. The van der Waals surface area contributed by atoms with Crippen molar-refractivity contribution >= 4 is 28.5 Å². The van der Waals surface area contributed by atoms with E-state index >= 15 is 0 Å². The van der Waals surface area contributed by atoms with Crippen LogP contribution >= 0.6 is 0 Å². The Kier molecular flexibility index (Phi) is 6.82. The summed E-state index contributed by atoms with van der Waals surface area (Å²) in [6, 6.07) is 6.51. The van der Waals surface area contributed by atoms with Gasteiger partial charge in [-0.2, -0.15) is 4.98 Å². The van der Waals surface area contributed by atoms with E-state index in [9.17, 15) is 4.79 Å². The number of aryl methyl sites for hydroxylation is 1. The van der Waals surface area contributed by atoms with Crippen molar-refractivity contribution in [2.24, 2.45) is 0 Å². The van der Waals surface area contributed by atoms with Gasteiger partial charge in [-0.05, 0) is 63.5 Å². The van der Waals surface area contributed by atoms with Gasteiger partial charge >= 0.3 is 0 Å². The van der Waals surface area contributed by atoms with Crippen molar-refractivity contribution < 1.29 is 0 Å². The molecule has 0 unspecified atom stereocenters. The predicted molar refractivity (Wildman–Crippen MR) is 148 cm³/mol. The van der Waals surface area contributed by atoms with Crippen LogP contribution in [0.25, 0.3) is 11.2 Å². The molecule has 4 heterocycles. The van der Waals surface area contributed by atoms with Crippen LogP contribution in [0.2, 0.25) is 0 Å². The first-order valence-corrected chi connectivity index (χ1v) is 13.9. The molecular formula is C28H38N8O. The molecule has 2 aromatic heterocycles. The largest absolute Gasteiger partial charge is 0.369 e. The highest BCUT2D eigenvalue weighted by molar-refractivity contribution is 5.72. The Bertz CT molecular complexity index is 1330. The smallest absolute Gasteiger partial charge is 0.274 e. The molecule has 0 bridgehead atoms. The van der Waals surface area contributed by atoms with E-state index in [2.05, 4.69) is 57.6 Å². The zero-order valence-electron chi connectivity index (χ0n) is 22.0. The molecule has 3 aromatic rings. The summed E-state index contributed by atoms with van der Waals surface area (Å²) in [5.74, 6) is 0.736. The van der Waals surface area contributed by atoms with Gasteiger partial charge in [-0.1, -0.05) is 19.3 Å². The van der Waals surface area contributed by atoms with Crippen LogP contribution in [0.5, 0.6) is 0 Å². The van der Waals surface area contributed by atoms with Gasteiger partial charge in [0.25, 0.3) is 5.56 Å². The molecule has 0 amide bonds. The maximum atomic E-state index is 13.9. The van der Waals surface area contributed by atoms with Crippen molar-refractivity contribution in [2.45, 2.75) is 57.4 Å². The van der Waals surface area contributed by atoms with Gasteiger partial charge in [-0.25, -0.2) is 9.97 Å². The van der Waals surface area contributed by atoms with Gasteiger partial charge in [-0.15, -0.1) is 0 Å². The lowest BCUT2D eigenvalue weighted by molar-refractivity contribution is 0.388. The second kappa shape index (κ2) is 10.4. The van der Waals surface area contributed by atoms with E-state index in [0.29, 0.717) is 22.8 Å². The molecule has 196 valence electrons. The summed E-state index contributed by atoms with van der Waals surface area (Å²) in [7, 11) is 2.12. The first-order chi connectivity index (χ1) is 18.1. The number of anilines is 3. The summed E-state index contributed by atoms with van der Waals surface area (Å²) in [5, 5.41) is 6.80. The van der Waals surface area contributed by atoms with E-state index in [1.807, 2.05) is 4.57 Å². The van der Waals surface area contributed by atoms with Crippen LogP contribution in [0.1, 0.15) is 61.7 Å². The highest BCUT2D eigenvalue weighted by Crippen LogP contribution is 2.32.